The molecule has 0 saturated carbocycles. The fourth-order valence-corrected chi connectivity index (χ4v) is 8.27. The molecule has 8 bridgehead atoms. The maximum atomic E-state index is 13.8. The van der Waals surface area contributed by atoms with Gasteiger partial charge in [-0.05, 0) is 96.5 Å². The van der Waals surface area contributed by atoms with Gasteiger partial charge in [0.1, 0.15) is 23.0 Å². The first-order valence-corrected chi connectivity index (χ1v) is 23.2. The zero-order chi connectivity index (χ0) is 48.2. The Bertz CT molecular complexity index is 2510. The number of nitro benzene ring substituents is 2. The van der Waals surface area contributed by atoms with E-state index in [1.54, 1.807) is 0 Å². The number of carbonyl (C=O) groups excluding carboxylic acids is 2. The van der Waals surface area contributed by atoms with Crippen LogP contribution in [0.4, 0.5) is 22.7 Å². The molecule has 0 aliphatic heterocycles. The van der Waals surface area contributed by atoms with Gasteiger partial charge in [0.15, 0.2) is 0 Å². The number of nitrogens with zero attached hydrogens (tertiary/aromatic N) is 2. The van der Waals surface area contributed by atoms with Crippen LogP contribution in [0.15, 0.2) is 109 Å². The molecule has 0 fully saturated rings. The van der Waals surface area contributed by atoms with Gasteiger partial charge >= 0.3 is 0 Å². The number of non-ortho nitro benzene ring substituents is 2. The summed E-state index contributed by atoms with van der Waals surface area (Å²) in [5.74, 6) is 1.95. The maximum Gasteiger partial charge on any atom is 0.269 e. The Labute approximate surface area is 395 Å². The van der Waals surface area contributed by atoms with Crippen molar-refractivity contribution in [2.24, 2.45) is 0 Å². The van der Waals surface area contributed by atoms with Gasteiger partial charge < -0.3 is 29.6 Å². The Morgan fingerprint density at radius 2 is 0.706 bits per heavy atom. The van der Waals surface area contributed by atoms with E-state index in [0.29, 0.717) is 86.5 Å². The molecule has 2 N–H and O–H groups in total. The summed E-state index contributed by atoms with van der Waals surface area (Å²) in [7, 11) is 0. The predicted molar refractivity (Wildman–Crippen MR) is 262 cm³/mol. The first-order valence-electron chi connectivity index (χ1n) is 23.2. The van der Waals surface area contributed by atoms with Crippen LogP contribution in [0, 0.1) is 20.2 Å². The van der Waals surface area contributed by atoms with E-state index < -0.39 is 21.7 Å². The normalized spacial score (nSPS) is 11.8. The summed E-state index contributed by atoms with van der Waals surface area (Å²) < 4.78 is 26.7. The predicted octanol–water partition coefficient (Wildman–Crippen LogP) is 11.8. The van der Waals surface area contributed by atoms with Crippen molar-refractivity contribution in [1.29, 1.82) is 0 Å². The molecule has 0 heterocycles. The number of fused-ring (bicyclic) bond motifs is 8. The van der Waals surface area contributed by atoms with Crippen molar-refractivity contribution in [1.82, 2.24) is 0 Å². The summed E-state index contributed by atoms with van der Waals surface area (Å²) in [6.45, 7) is 10.0. The number of nitro groups is 2. The van der Waals surface area contributed by atoms with E-state index in [9.17, 15) is 29.8 Å². The molecule has 14 nitrogen and oxygen atoms in total. The molecule has 0 saturated heterocycles. The largest absolute Gasteiger partial charge is 0.493 e. The number of anilines is 2. The molecule has 1 aliphatic rings. The lowest BCUT2D eigenvalue weighted by molar-refractivity contribution is -0.385. The second-order valence-corrected chi connectivity index (χ2v) is 16.7. The van der Waals surface area contributed by atoms with Gasteiger partial charge in [-0.2, -0.15) is 0 Å². The number of carbonyl (C=O) groups is 2. The Kier molecular flexibility index (Phi) is 16.0. The highest BCUT2D eigenvalue weighted by molar-refractivity contribution is 6.05. The van der Waals surface area contributed by atoms with Crippen molar-refractivity contribution in [3.8, 4) is 23.0 Å². The van der Waals surface area contributed by atoms with Crippen LogP contribution < -0.4 is 29.6 Å². The Balaban J connectivity index is 1.43. The fourth-order valence-electron chi connectivity index (χ4n) is 8.27. The number of rotatable bonds is 18. The van der Waals surface area contributed by atoms with E-state index in [4.69, 9.17) is 18.9 Å². The third-order valence-electron chi connectivity index (χ3n) is 11.4. The summed E-state index contributed by atoms with van der Waals surface area (Å²) in [6, 6.07) is 30.8. The Hall–Kier alpha value is -7.74. The second kappa shape index (κ2) is 22.6. The van der Waals surface area contributed by atoms with E-state index in [1.165, 1.54) is 48.5 Å². The summed E-state index contributed by atoms with van der Waals surface area (Å²) >= 11 is 0. The first-order chi connectivity index (χ1) is 33.0. The number of hydrogen-bond donors (Lipinski definition) is 2. The van der Waals surface area contributed by atoms with Crippen LogP contribution in [-0.2, 0) is 25.7 Å². The van der Waals surface area contributed by atoms with Gasteiger partial charge in [0, 0.05) is 94.7 Å². The zero-order valence-electron chi connectivity index (χ0n) is 38.9. The fraction of sp³-hybridized carbons (Fsp3) is 0.296. The zero-order valence-corrected chi connectivity index (χ0v) is 38.9. The van der Waals surface area contributed by atoms with Crippen LogP contribution in [0.1, 0.15) is 119 Å². The van der Waals surface area contributed by atoms with E-state index in [1.807, 2.05) is 74.5 Å². The third-order valence-corrected chi connectivity index (χ3v) is 11.4. The number of amides is 2. The van der Waals surface area contributed by atoms with Crippen LogP contribution in [-0.4, -0.2) is 48.1 Å². The van der Waals surface area contributed by atoms with Gasteiger partial charge in [-0.25, -0.2) is 0 Å². The number of hydrogen-bond acceptors (Lipinski definition) is 10. The molecule has 6 aromatic carbocycles. The molecule has 14 heteroatoms. The van der Waals surface area contributed by atoms with Crippen molar-refractivity contribution in [3.63, 3.8) is 0 Å². The lowest BCUT2D eigenvalue weighted by Gasteiger charge is -2.24. The molecule has 0 aromatic heterocycles. The molecular weight excluding hydrogens is 865 g/mol. The topological polar surface area (TPSA) is 181 Å². The minimum Gasteiger partial charge on any atom is -0.493 e. The van der Waals surface area contributed by atoms with Crippen LogP contribution in [0.2, 0.25) is 0 Å². The van der Waals surface area contributed by atoms with Crippen molar-refractivity contribution in [2.45, 2.75) is 79.1 Å². The number of para-hydroxylation sites is 2. The van der Waals surface area contributed by atoms with E-state index >= 15 is 0 Å². The van der Waals surface area contributed by atoms with Crippen molar-refractivity contribution in [3.05, 3.63) is 185 Å². The van der Waals surface area contributed by atoms with Crippen molar-refractivity contribution in [2.75, 3.05) is 37.1 Å². The lowest BCUT2D eigenvalue weighted by atomic mass is 9.90. The van der Waals surface area contributed by atoms with Gasteiger partial charge in [-0.1, -0.05) is 64.1 Å². The quantitative estimate of drug-likeness (QED) is 0.0621. The Morgan fingerprint density at radius 3 is 0.956 bits per heavy atom. The highest BCUT2D eigenvalue weighted by Crippen LogP contribution is 2.41. The van der Waals surface area contributed by atoms with Gasteiger partial charge in [-0.15, -0.1) is 0 Å². The van der Waals surface area contributed by atoms with Gasteiger partial charge in [0.05, 0.1) is 36.3 Å². The van der Waals surface area contributed by atoms with Crippen LogP contribution in [0.5, 0.6) is 23.0 Å². The van der Waals surface area contributed by atoms with Crippen molar-refractivity contribution < 1.29 is 38.4 Å². The molecule has 2 amide bonds. The Morgan fingerprint density at radius 1 is 0.441 bits per heavy atom. The molecule has 0 radical (unpaired) electrons. The molecule has 68 heavy (non-hydrogen) atoms. The maximum absolute atomic E-state index is 13.8. The molecule has 0 unspecified atom stereocenters. The summed E-state index contributed by atoms with van der Waals surface area (Å²) in [6.07, 6.45) is 4.51. The van der Waals surface area contributed by atoms with Crippen LogP contribution in [0.3, 0.4) is 0 Å². The van der Waals surface area contributed by atoms with Gasteiger partial charge in [0.2, 0.25) is 0 Å². The molecule has 0 spiro atoms. The molecule has 352 valence electrons. The van der Waals surface area contributed by atoms with Gasteiger partial charge in [-0.3, -0.25) is 29.8 Å². The standard InChI is InChI=1S/C54H56N4O10/c1-5-23-65-49-37-11-9-12-38(49)28-42-32-46(56-54(60)36-17-21-48(22-18-36)58(63)64)34-44(52(42)68-26-8-4)30-40-14-10-13-39(50(40)66-24-6-2)29-43-33-45(31-41(27-37)51(43)67-25-7-3)55-53(59)35-15-19-47(20-16-35)57(61)62/h9-22,31-34H,5-8,23-30H2,1-4H3,(H,55,59)(H,56,60). The van der Waals surface area contributed by atoms with Crippen LogP contribution >= 0.6 is 0 Å². The number of ether oxygens (including phenoxy) is 4. The second-order valence-electron chi connectivity index (χ2n) is 16.7. The minimum absolute atomic E-state index is 0.112. The SMILES string of the molecule is CCCOc1c2cccc1Cc1cc(NC(=O)c3ccc([N+](=O)[O-])cc3)cc(c1OCCC)Cc1cccc(c1OCCC)Cc1cc(NC(=O)c3ccc([N+](=O)[O-])cc3)cc(c1OCCC)C2. The summed E-state index contributed by atoms with van der Waals surface area (Å²) in [5.41, 5.74) is 8.20. The van der Waals surface area contributed by atoms with Crippen molar-refractivity contribution >= 4 is 34.6 Å². The van der Waals surface area contributed by atoms with Gasteiger partial charge in [0.25, 0.3) is 23.2 Å². The summed E-state index contributed by atoms with van der Waals surface area (Å²) in [4.78, 5) is 49.3. The molecule has 1 aliphatic carbocycles. The molecule has 7 rings (SSSR count). The first kappa shape index (κ1) is 48.2. The van der Waals surface area contributed by atoms with E-state index in [0.717, 1.165) is 70.2 Å². The van der Waals surface area contributed by atoms with E-state index in [2.05, 4.69) is 24.5 Å². The number of nitrogens with one attached hydrogen (secondary N) is 2. The molecular formula is C54H56N4O10. The highest BCUT2D eigenvalue weighted by Gasteiger charge is 2.24. The lowest BCUT2D eigenvalue weighted by Crippen LogP contribution is -2.14. The average Bonchev–Trinajstić information content (AvgIpc) is 3.33. The minimum atomic E-state index is -0.501. The molecule has 0 atom stereocenters. The highest BCUT2D eigenvalue weighted by atomic mass is 16.6. The van der Waals surface area contributed by atoms with E-state index in [-0.39, 0.29) is 22.5 Å². The monoisotopic (exact) mass is 920 g/mol. The number of benzene rings is 6. The average molecular weight is 921 g/mol. The smallest absolute Gasteiger partial charge is 0.269 e. The third kappa shape index (κ3) is 11.6. The molecule has 6 aromatic rings. The summed E-state index contributed by atoms with van der Waals surface area (Å²) in [5, 5.41) is 28.9. The van der Waals surface area contributed by atoms with Crippen LogP contribution in [0.25, 0.3) is 0 Å².